The highest BCUT2D eigenvalue weighted by Crippen LogP contribution is 2.16. The normalized spacial score (nSPS) is 26.6. The molecule has 1 aliphatic heterocycles. The number of rotatable bonds is 2. The van der Waals surface area contributed by atoms with Crippen molar-refractivity contribution in [2.45, 2.75) is 20.8 Å². The Balaban J connectivity index is 2.64. The van der Waals surface area contributed by atoms with Gasteiger partial charge in [-0.1, -0.05) is 13.8 Å². The Hall–Kier alpha value is -0.570. The first kappa shape index (κ1) is 8.53. The Morgan fingerprint density at radius 1 is 1.45 bits per heavy atom. The number of hydrazine groups is 1. The minimum Gasteiger partial charge on any atom is -0.275 e. The average Bonchev–Trinajstić information content (AvgIpc) is 2.28. The van der Waals surface area contributed by atoms with Gasteiger partial charge in [0.15, 0.2) is 0 Å². The van der Waals surface area contributed by atoms with E-state index in [1.54, 1.807) is 0 Å². The Labute approximate surface area is 67.9 Å². The van der Waals surface area contributed by atoms with E-state index in [1.807, 2.05) is 18.9 Å². The van der Waals surface area contributed by atoms with Crippen molar-refractivity contribution >= 4 is 5.91 Å². The van der Waals surface area contributed by atoms with E-state index < -0.39 is 0 Å². The lowest BCUT2D eigenvalue weighted by Gasteiger charge is -2.24. The first-order valence-electron chi connectivity index (χ1n) is 4.26. The van der Waals surface area contributed by atoms with Crippen LogP contribution in [0.3, 0.4) is 0 Å². The van der Waals surface area contributed by atoms with E-state index in [1.165, 1.54) is 0 Å². The van der Waals surface area contributed by atoms with E-state index >= 15 is 0 Å². The summed E-state index contributed by atoms with van der Waals surface area (Å²) in [5.41, 5.74) is 0. The molecule has 0 aromatic heterocycles. The number of nitrogens with zero attached hydrogens (tertiary/aromatic N) is 2. The lowest BCUT2D eigenvalue weighted by atomic mass is 10.2. The highest BCUT2D eigenvalue weighted by Gasteiger charge is 2.32. The van der Waals surface area contributed by atoms with Crippen molar-refractivity contribution in [2.24, 2.45) is 5.92 Å². The average molecular weight is 156 g/mol. The van der Waals surface area contributed by atoms with Crippen LogP contribution >= 0.6 is 0 Å². The molecule has 0 N–H and O–H groups in total. The summed E-state index contributed by atoms with van der Waals surface area (Å²) in [6.07, 6.45) is 0. The molecule has 11 heavy (non-hydrogen) atoms. The molecule has 3 heteroatoms. The van der Waals surface area contributed by atoms with E-state index in [2.05, 4.69) is 11.9 Å². The van der Waals surface area contributed by atoms with Crippen LogP contribution in [0.25, 0.3) is 0 Å². The molecule has 1 atom stereocenters. The second-order valence-corrected chi connectivity index (χ2v) is 2.96. The van der Waals surface area contributed by atoms with Gasteiger partial charge in [-0.05, 0) is 6.92 Å². The topological polar surface area (TPSA) is 23.6 Å². The monoisotopic (exact) mass is 156 g/mol. The Kier molecular flexibility index (Phi) is 2.49. The molecule has 0 saturated carbocycles. The molecule has 0 aromatic carbocycles. The van der Waals surface area contributed by atoms with Crippen LogP contribution < -0.4 is 0 Å². The summed E-state index contributed by atoms with van der Waals surface area (Å²) in [5, 5.41) is 3.94. The van der Waals surface area contributed by atoms with Gasteiger partial charge in [0.1, 0.15) is 0 Å². The van der Waals surface area contributed by atoms with Crippen molar-refractivity contribution in [3.05, 3.63) is 0 Å². The fourth-order valence-corrected chi connectivity index (χ4v) is 1.54. The second kappa shape index (κ2) is 3.22. The van der Waals surface area contributed by atoms with Gasteiger partial charge in [-0.3, -0.25) is 9.80 Å². The second-order valence-electron chi connectivity index (χ2n) is 2.96. The first-order valence-corrected chi connectivity index (χ1v) is 4.26. The van der Waals surface area contributed by atoms with Crippen molar-refractivity contribution in [3.8, 4) is 0 Å². The highest BCUT2D eigenvalue weighted by molar-refractivity contribution is 5.79. The molecule has 1 unspecified atom stereocenters. The summed E-state index contributed by atoms with van der Waals surface area (Å²) in [6.45, 7) is 8.71. The lowest BCUT2D eigenvalue weighted by molar-refractivity contribution is -0.138. The van der Waals surface area contributed by atoms with Gasteiger partial charge < -0.3 is 0 Å². The molecule has 1 rings (SSSR count). The van der Waals surface area contributed by atoms with E-state index in [-0.39, 0.29) is 11.8 Å². The van der Waals surface area contributed by atoms with Crippen LogP contribution in [-0.2, 0) is 4.79 Å². The third-order valence-electron chi connectivity index (χ3n) is 2.17. The predicted molar refractivity (Wildman–Crippen MR) is 43.8 cm³/mol. The Morgan fingerprint density at radius 3 is 2.45 bits per heavy atom. The minimum absolute atomic E-state index is 0.190. The number of hydrogen-bond donors (Lipinski definition) is 0. The third-order valence-corrected chi connectivity index (χ3v) is 2.17. The highest BCUT2D eigenvalue weighted by atomic mass is 16.2. The van der Waals surface area contributed by atoms with E-state index in [4.69, 9.17) is 0 Å². The fraction of sp³-hybridized carbons (Fsp3) is 0.875. The summed E-state index contributed by atoms with van der Waals surface area (Å²) in [5.74, 6) is 0.462. The number of carbonyl (C=O) groups excluding carboxylic acids is 1. The Bertz CT molecular complexity index is 158. The van der Waals surface area contributed by atoms with E-state index in [0.717, 1.165) is 19.6 Å². The maximum atomic E-state index is 11.4. The Morgan fingerprint density at radius 2 is 2.09 bits per heavy atom. The van der Waals surface area contributed by atoms with Gasteiger partial charge in [0, 0.05) is 19.6 Å². The molecule has 0 spiro atoms. The molecule has 1 saturated heterocycles. The number of carbonyl (C=O) groups is 1. The van der Waals surface area contributed by atoms with Crippen molar-refractivity contribution in [1.82, 2.24) is 10.0 Å². The zero-order chi connectivity index (χ0) is 8.43. The summed E-state index contributed by atoms with van der Waals surface area (Å²) in [4.78, 5) is 11.4. The van der Waals surface area contributed by atoms with Crippen LogP contribution in [0.15, 0.2) is 0 Å². The van der Waals surface area contributed by atoms with Crippen LogP contribution in [-0.4, -0.2) is 35.6 Å². The molecule has 1 heterocycles. The number of amides is 1. The van der Waals surface area contributed by atoms with Crippen LogP contribution in [0.1, 0.15) is 20.8 Å². The summed E-state index contributed by atoms with van der Waals surface area (Å²) in [6, 6.07) is 0. The molecule has 1 aliphatic rings. The minimum atomic E-state index is 0.190. The molecular weight excluding hydrogens is 140 g/mol. The van der Waals surface area contributed by atoms with Crippen molar-refractivity contribution in [1.29, 1.82) is 0 Å². The lowest BCUT2D eigenvalue weighted by Crippen LogP contribution is -2.38. The SMILES string of the molecule is CCN1CC(C)C(=O)N1CC. The van der Waals surface area contributed by atoms with Crippen molar-refractivity contribution < 1.29 is 4.79 Å². The molecule has 0 aliphatic carbocycles. The molecule has 1 fully saturated rings. The predicted octanol–water partition coefficient (Wildman–Crippen LogP) is 0.721. The van der Waals surface area contributed by atoms with Crippen LogP contribution in [0.4, 0.5) is 0 Å². The largest absolute Gasteiger partial charge is 0.275 e. The molecule has 3 nitrogen and oxygen atoms in total. The standard InChI is InChI=1S/C8H16N2O/c1-4-9-6-7(3)8(11)10(9)5-2/h7H,4-6H2,1-3H3. The summed E-state index contributed by atoms with van der Waals surface area (Å²) >= 11 is 0. The van der Waals surface area contributed by atoms with Gasteiger partial charge >= 0.3 is 0 Å². The summed E-state index contributed by atoms with van der Waals surface area (Å²) < 4.78 is 0. The van der Waals surface area contributed by atoms with Crippen LogP contribution in [0, 0.1) is 5.92 Å². The third kappa shape index (κ3) is 1.38. The zero-order valence-corrected chi connectivity index (χ0v) is 7.50. The van der Waals surface area contributed by atoms with Crippen LogP contribution in [0.2, 0.25) is 0 Å². The first-order chi connectivity index (χ1) is 5.20. The molecule has 64 valence electrons. The van der Waals surface area contributed by atoms with Gasteiger partial charge in [0.05, 0.1) is 5.92 Å². The molecule has 1 amide bonds. The molecule has 0 aromatic rings. The van der Waals surface area contributed by atoms with Gasteiger partial charge in [-0.25, -0.2) is 5.01 Å². The van der Waals surface area contributed by atoms with Gasteiger partial charge in [-0.2, -0.15) is 0 Å². The van der Waals surface area contributed by atoms with Gasteiger partial charge in [0.2, 0.25) is 5.91 Å². The van der Waals surface area contributed by atoms with Crippen molar-refractivity contribution in [3.63, 3.8) is 0 Å². The van der Waals surface area contributed by atoms with E-state index in [9.17, 15) is 4.79 Å². The molecular formula is C8H16N2O. The van der Waals surface area contributed by atoms with Crippen molar-refractivity contribution in [2.75, 3.05) is 19.6 Å². The zero-order valence-electron chi connectivity index (χ0n) is 7.50. The summed E-state index contributed by atoms with van der Waals surface area (Å²) in [7, 11) is 0. The fourth-order valence-electron chi connectivity index (χ4n) is 1.54. The maximum absolute atomic E-state index is 11.4. The van der Waals surface area contributed by atoms with E-state index in [0.29, 0.717) is 0 Å². The maximum Gasteiger partial charge on any atom is 0.241 e. The molecule has 0 bridgehead atoms. The smallest absolute Gasteiger partial charge is 0.241 e. The quantitative estimate of drug-likeness (QED) is 0.588. The van der Waals surface area contributed by atoms with Crippen LogP contribution in [0.5, 0.6) is 0 Å². The number of hydrogen-bond acceptors (Lipinski definition) is 2. The van der Waals surface area contributed by atoms with Gasteiger partial charge in [0.25, 0.3) is 0 Å². The van der Waals surface area contributed by atoms with Gasteiger partial charge in [-0.15, -0.1) is 0 Å². The molecule has 0 radical (unpaired) electrons.